The maximum absolute atomic E-state index is 14.1. The molecule has 2 aromatic carbocycles. The maximum atomic E-state index is 14.1. The fourth-order valence-electron chi connectivity index (χ4n) is 4.60. The first-order chi connectivity index (χ1) is 20.6. The molecular weight excluding hydrogens is 552 g/mol. The Bertz CT molecular complexity index is 1300. The SMILES string of the molecule is CCCCCNNC(=O)[C@@]1(CCC(=O)OC(C)(C)C)N=C(c2ccc(OCCCO)cc2)O[C@H]1c1ccccc1N=[N+]=[N-]. The number of nitrogens with one attached hydrogen (secondary N) is 2. The van der Waals surface area contributed by atoms with Gasteiger partial charge in [-0.2, -0.15) is 0 Å². The summed E-state index contributed by atoms with van der Waals surface area (Å²) < 4.78 is 17.6. The fraction of sp³-hybridized carbons (Fsp3) is 0.516. The average molecular weight is 595 g/mol. The first-order valence-corrected chi connectivity index (χ1v) is 14.6. The van der Waals surface area contributed by atoms with Crippen molar-refractivity contribution in [2.75, 3.05) is 19.8 Å². The zero-order chi connectivity index (χ0) is 31.3. The van der Waals surface area contributed by atoms with Gasteiger partial charge in [0.2, 0.25) is 5.90 Å². The minimum atomic E-state index is -1.61. The van der Waals surface area contributed by atoms with Gasteiger partial charge < -0.3 is 19.3 Å². The molecule has 2 atom stereocenters. The summed E-state index contributed by atoms with van der Waals surface area (Å²) in [6.07, 6.45) is 2.23. The van der Waals surface area contributed by atoms with Crippen LogP contribution in [0.3, 0.4) is 0 Å². The summed E-state index contributed by atoms with van der Waals surface area (Å²) in [6, 6.07) is 13.8. The van der Waals surface area contributed by atoms with E-state index in [1.54, 1.807) is 69.3 Å². The van der Waals surface area contributed by atoms with Crippen LogP contribution in [-0.4, -0.2) is 53.8 Å². The van der Waals surface area contributed by atoms with Gasteiger partial charge in [0.15, 0.2) is 11.6 Å². The molecule has 2 aromatic rings. The lowest BCUT2D eigenvalue weighted by molar-refractivity contribution is -0.155. The molecule has 3 rings (SSSR count). The monoisotopic (exact) mass is 594 g/mol. The van der Waals surface area contributed by atoms with Crippen LogP contribution in [0, 0.1) is 0 Å². The van der Waals surface area contributed by atoms with Gasteiger partial charge in [0.05, 0.1) is 6.61 Å². The van der Waals surface area contributed by atoms with Gasteiger partial charge in [-0.15, -0.1) is 0 Å². The number of ether oxygens (including phenoxy) is 3. The maximum Gasteiger partial charge on any atom is 0.306 e. The summed E-state index contributed by atoms with van der Waals surface area (Å²) in [5.74, 6) is -0.183. The number of nitrogens with zero attached hydrogens (tertiary/aromatic N) is 4. The van der Waals surface area contributed by atoms with Crippen LogP contribution < -0.4 is 15.6 Å². The molecule has 0 fully saturated rings. The third kappa shape index (κ3) is 9.44. The van der Waals surface area contributed by atoms with Gasteiger partial charge in [-0.3, -0.25) is 15.0 Å². The Morgan fingerprint density at radius 3 is 2.56 bits per heavy atom. The van der Waals surface area contributed by atoms with Crippen molar-refractivity contribution in [1.82, 2.24) is 10.9 Å². The van der Waals surface area contributed by atoms with E-state index in [-0.39, 0.29) is 31.0 Å². The van der Waals surface area contributed by atoms with Gasteiger partial charge in [0, 0.05) is 47.7 Å². The number of esters is 1. The summed E-state index contributed by atoms with van der Waals surface area (Å²) in [4.78, 5) is 34.8. The smallest absolute Gasteiger partial charge is 0.306 e. The van der Waals surface area contributed by atoms with Crippen molar-refractivity contribution in [3.05, 3.63) is 70.1 Å². The fourth-order valence-corrected chi connectivity index (χ4v) is 4.60. The van der Waals surface area contributed by atoms with Crippen LogP contribution in [0.5, 0.6) is 5.75 Å². The number of hydrogen-bond donors (Lipinski definition) is 3. The van der Waals surface area contributed by atoms with E-state index in [0.29, 0.717) is 36.4 Å². The zero-order valence-electron chi connectivity index (χ0n) is 25.3. The van der Waals surface area contributed by atoms with Crippen molar-refractivity contribution in [2.45, 2.75) is 83.5 Å². The molecule has 0 bridgehead atoms. The van der Waals surface area contributed by atoms with Crippen LogP contribution in [0.15, 0.2) is 58.6 Å². The Hall–Kier alpha value is -4.12. The molecule has 12 nitrogen and oxygen atoms in total. The molecule has 232 valence electrons. The lowest BCUT2D eigenvalue weighted by Crippen LogP contribution is -2.53. The van der Waals surface area contributed by atoms with Gasteiger partial charge in [-0.1, -0.05) is 49.1 Å². The van der Waals surface area contributed by atoms with E-state index < -0.39 is 29.1 Å². The van der Waals surface area contributed by atoms with E-state index in [1.807, 2.05) is 0 Å². The van der Waals surface area contributed by atoms with Crippen molar-refractivity contribution < 1.29 is 28.9 Å². The summed E-state index contributed by atoms with van der Waals surface area (Å²) in [5.41, 5.74) is 14.0. The minimum absolute atomic E-state index is 0.0301. The molecule has 0 spiro atoms. The van der Waals surface area contributed by atoms with E-state index in [4.69, 9.17) is 24.3 Å². The highest BCUT2D eigenvalue weighted by atomic mass is 16.6. The Labute approximate surface area is 252 Å². The number of aliphatic imine (C=N–C) groups is 1. The number of hydrazine groups is 1. The Kier molecular flexibility index (Phi) is 12.4. The molecule has 1 aliphatic rings. The van der Waals surface area contributed by atoms with Crippen molar-refractivity contribution >= 4 is 23.5 Å². The quantitative estimate of drug-likeness (QED) is 0.0569. The highest BCUT2D eigenvalue weighted by Gasteiger charge is 2.54. The van der Waals surface area contributed by atoms with Gasteiger partial charge in [-0.25, -0.2) is 10.4 Å². The molecule has 43 heavy (non-hydrogen) atoms. The molecule has 1 heterocycles. The molecule has 1 aliphatic heterocycles. The number of benzene rings is 2. The van der Waals surface area contributed by atoms with Crippen LogP contribution in [0.25, 0.3) is 10.4 Å². The van der Waals surface area contributed by atoms with Gasteiger partial charge in [0.1, 0.15) is 11.4 Å². The topological polar surface area (TPSA) is 167 Å². The van der Waals surface area contributed by atoms with Crippen LogP contribution in [-0.2, 0) is 19.1 Å². The summed E-state index contributed by atoms with van der Waals surface area (Å²) in [7, 11) is 0. The highest BCUT2D eigenvalue weighted by molar-refractivity contribution is 6.01. The lowest BCUT2D eigenvalue weighted by atomic mass is 9.83. The van der Waals surface area contributed by atoms with E-state index >= 15 is 0 Å². The standard InChI is InChI=1S/C31H42N6O6/c1-5-6-9-19-33-36-29(40)31(18-17-26(39)43-30(2,3)4)27(24-11-7-8-12-25(24)35-37-32)42-28(34-31)22-13-15-23(16-14-22)41-21-10-20-38/h7-8,11-16,27,33,38H,5-6,9-10,17-21H2,1-4H3,(H,36,40)/t27-,31-/m0/s1. The molecule has 3 N–H and O–H groups in total. The number of azide groups is 1. The summed E-state index contributed by atoms with van der Waals surface area (Å²) in [6.45, 7) is 8.37. The third-order valence-corrected chi connectivity index (χ3v) is 6.64. The second-order valence-corrected chi connectivity index (χ2v) is 11.2. The van der Waals surface area contributed by atoms with Crippen LogP contribution in [0.4, 0.5) is 5.69 Å². The number of unbranched alkanes of at least 4 members (excludes halogenated alkanes) is 2. The van der Waals surface area contributed by atoms with E-state index in [2.05, 4.69) is 27.8 Å². The molecule has 0 unspecified atom stereocenters. The number of carbonyl (C=O) groups excluding carboxylic acids is 2. The number of aliphatic hydroxyl groups is 1. The second-order valence-electron chi connectivity index (χ2n) is 11.2. The van der Waals surface area contributed by atoms with E-state index in [9.17, 15) is 15.1 Å². The number of hydrogen-bond acceptors (Lipinski definition) is 9. The van der Waals surface area contributed by atoms with Crippen molar-refractivity contribution in [1.29, 1.82) is 0 Å². The second kappa shape index (κ2) is 15.9. The van der Waals surface area contributed by atoms with E-state index in [0.717, 1.165) is 19.3 Å². The predicted octanol–water partition coefficient (Wildman–Crippen LogP) is 5.58. The molecule has 0 aromatic heterocycles. The van der Waals surface area contributed by atoms with Crippen LogP contribution in [0.1, 0.15) is 83.5 Å². The molecule has 1 amide bonds. The van der Waals surface area contributed by atoms with Crippen LogP contribution in [0.2, 0.25) is 0 Å². The minimum Gasteiger partial charge on any atom is -0.494 e. The third-order valence-electron chi connectivity index (χ3n) is 6.64. The molecule has 0 saturated heterocycles. The van der Waals surface area contributed by atoms with Crippen molar-refractivity contribution in [3.63, 3.8) is 0 Å². The Balaban J connectivity index is 2.05. The highest BCUT2D eigenvalue weighted by Crippen LogP contribution is 2.46. The Morgan fingerprint density at radius 2 is 1.88 bits per heavy atom. The zero-order valence-corrected chi connectivity index (χ0v) is 25.3. The largest absolute Gasteiger partial charge is 0.494 e. The molecule has 12 heteroatoms. The molecule has 0 aliphatic carbocycles. The first kappa shape index (κ1) is 33.4. The first-order valence-electron chi connectivity index (χ1n) is 14.6. The molecule has 0 saturated carbocycles. The average Bonchev–Trinajstić information content (AvgIpc) is 3.37. The van der Waals surface area contributed by atoms with Gasteiger partial charge in [0.25, 0.3) is 5.91 Å². The number of amides is 1. The Morgan fingerprint density at radius 1 is 1.14 bits per heavy atom. The van der Waals surface area contributed by atoms with Gasteiger partial charge in [-0.05, 0) is 63.4 Å². The lowest BCUT2D eigenvalue weighted by Gasteiger charge is -2.31. The normalized spacial score (nSPS) is 17.8. The molecule has 0 radical (unpaired) electrons. The predicted molar refractivity (Wildman–Crippen MR) is 163 cm³/mol. The van der Waals surface area contributed by atoms with Crippen molar-refractivity contribution in [2.24, 2.45) is 10.1 Å². The summed E-state index contributed by atoms with van der Waals surface area (Å²) >= 11 is 0. The van der Waals surface area contributed by atoms with E-state index in [1.165, 1.54) is 0 Å². The van der Waals surface area contributed by atoms with Crippen LogP contribution >= 0.6 is 0 Å². The number of rotatable bonds is 16. The number of carbonyl (C=O) groups is 2. The van der Waals surface area contributed by atoms with Crippen molar-refractivity contribution in [3.8, 4) is 5.75 Å². The number of aliphatic hydroxyl groups excluding tert-OH is 1. The molecular formula is C31H42N6O6. The van der Waals surface area contributed by atoms with Gasteiger partial charge >= 0.3 is 5.97 Å². The summed E-state index contributed by atoms with van der Waals surface area (Å²) in [5, 5.41) is 12.9.